The van der Waals surface area contributed by atoms with E-state index >= 15 is 0 Å². The number of aryl methyl sites for hydroxylation is 1. The quantitative estimate of drug-likeness (QED) is 0.658. The van der Waals surface area contributed by atoms with Crippen molar-refractivity contribution in [3.63, 3.8) is 0 Å². The molecule has 22 heavy (non-hydrogen) atoms. The zero-order valence-corrected chi connectivity index (χ0v) is 12.3. The van der Waals surface area contributed by atoms with E-state index in [0.29, 0.717) is 0 Å². The summed E-state index contributed by atoms with van der Waals surface area (Å²) >= 11 is 0. The van der Waals surface area contributed by atoms with E-state index in [1.807, 2.05) is 0 Å². The number of nitrogens with one attached hydrogen (secondary N) is 1. The first-order chi connectivity index (χ1) is 14.5. The molecule has 1 aliphatic carbocycles. The molecule has 4 nitrogen and oxygen atoms in total. The van der Waals surface area contributed by atoms with E-state index in [1.165, 1.54) is 24.3 Å². The summed E-state index contributed by atoms with van der Waals surface area (Å²) in [6.45, 7) is -8.46. The van der Waals surface area contributed by atoms with Crippen molar-refractivity contribution in [2.75, 3.05) is 26.3 Å². The van der Waals surface area contributed by atoms with Crippen molar-refractivity contribution in [2.24, 2.45) is 5.92 Å². The summed E-state index contributed by atoms with van der Waals surface area (Å²) in [5, 5.41) is 12.4. The molecule has 0 bridgehead atoms. The van der Waals surface area contributed by atoms with Crippen LogP contribution in [0.4, 0.5) is 0 Å². The molecule has 2 rings (SSSR count). The van der Waals surface area contributed by atoms with Crippen LogP contribution in [-0.4, -0.2) is 43.6 Å². The largest absolute Gasteiger partial charge is 0.491 e. The van der Waals surface area contributed by atoms with Crippen molar-refractivity contribution >= 4 is 0 Å². The molecule has 4 heteroatoms. The van der Waals surface area contributed by atoms with Crippen molar-refractivity contribution in [3.8, 4) is 5.75 Å². The Kier molecular flexibility index (Phi) is 3.38. The number of rotatable bonds is 11. The molecule has 1 saturated carbocycles. The first-order valence-electron chi connectivity index (χ1n) is 12.3. The van der Waals surface area contributed by atoms with Gasteiger partial charge in [-0.2, -0.15) is 0 Å². The molecule has 1 atom stereocenters. The van der Waals surface area contributed by atoms with Gasteiger partial charge in [0.1, 0.15) is 18.5 Å². The fourth-order valence-electron chi connectivity index (χ4n) is 1.68. The van der Waals surface area contributed by atoms with Crippen LogP contribution in [0.1, 0.15) is 45.8 Å². The third-order valence-corrected chi connectivity index (χ3v) is 3.14. The van der Waals surface area contributed by atoms with E-state index in [4.69, 9.17) is 23.2 Å². The molecule has 1 aromatic rings. The minimum absolute atomic E-state index is 0.0612. The maximum absolute atomic E-state index is 10.0. The van der Waals surface area contributed by atoms with Crippen LogP contribution >= 0.6 is 0 Å². The van der Waals surface area contributed by atoms with Gasteiger partial charge in [0.2, 0.25) is 0 Å². The molecule has 1 unspecified atom stereocenters. The summed E-state index contributed by atoms with van der Waals surface area (Å²) in [5.41, 5.74) is 0.0612. The zero-order chi connectivity index (χ0) is 24.4. The topological polar surface area (TPSA) is 50.7 Å². The van der Waals surface area contributed by atoms with Gasteiger partial charge in [-0.25, -0.2) is 0 Å². The lowest BCUT2D eigenvalue weighted by Gasteiger charge is -2.15. The molecule has 1 fully saturated rings. The predicted octanol–water partition coefficient (Wildman–Crippen LogP) is 2.39. The van der Waals surface area contributed by atoms with Gasteiger partial charge >= 0.3 is 0 Å². The van der Waals surface area contributed by atoms with Gasteiger partial charge in [0.25, 0.3) is 0 Å². The SMILES string of the molecule is [2H]C([2H])([2H])C(NCC(O)COc1ccc(C([2H])([2H])C([2H])([2H])OCC2CC2)cc1)C([2H])([2H])[2H]. The van der Waals surface area contributed by atoms with Gasteiger partial charge in [-0.15, -0.1) is 0 Å². The molecule has 2 N–H and O–H groups in total. The average molecular weight is 317 g/mol. The molecule has 0 aliphatic heterocycles. The lowest BCUT2D eigenvalue weighted by atomic mass is 10.1. The highest BCUT2D eigenvalue weighted by Gasteiger charge is 2.20. The van der Waals surface area contributed by atoms with E-state index in [2.05, 4.69) is 5.32 Å². The normalized spacial score (nSPS) is 25.2. The standard InChI is InChI=1S/C18H29NO3/c1-14(2)19-11-17(20)13-22-18-7-5-15(6-8-18)9-10-21-12-16-3-4-16/h5-8,14,16-17,19-20H,3-4,9-13H2,1-2H3/i1D3,2D3,9D2,10D2. The first kappa shape index (κ1) is 8.13. The smallest absolute Gasteiger partial charge is 0.119 e. The van der Waals surface area contributed by atoms with Crippen LogP contribution in [0.2, 0.25) is 0 Å². The number of ether oxygens (including phenoxy) is 2. The maximum Gasteiger partial charge on any atom is 0.119 e. The Hall–Kier alpha value is -1.10. The first-order valence-corrected chi connectivity index (χ1v) is 7.33. The second-order valence-corrected chi connectivity index (χ2v) is 5.31. The lowest BCUT2D eigenvalue weighted by Crippen LogP contribution is -2.35. The summed E-state index contributed by atoms with van der Waals surface area (Å²) in [6.07, 6.45) is -1.68. The van der Waals surface area contributed by atoms with Crippen LogP contribution in [0, 0.1) is 5.92 Å². The molecule has 0 saturated heterocycles. The monoisotopic (exact) mass is 317 g/mol. The number of hydrogen-bond acceptors (Lipinski definition) is 4. The van der Waals surface area contributed by atoms with E-state index in [1.54, 1.807) is 0 Å². The average Bonchev–Trinajstić information content (AvgIpc) is 3.47. The maximum atomic E-state index is 10.0. The van der Waals surface area contributed by atoms with Crippen LogP contribution in [0.5, 0.6) is 5.75 Å². The summed E-state index contributed by atoms with van der Waals surface area (Å²) in [4.78, 5) is 0. The number of aliphatic hydroxyl groups is 1. The minimum Gasteiger partial charge on any atom is -0.491 e. The molecule has 1 aromatic carbocycles. The van der Waals surface area contributed by atoms with Gasteiger partial charge in [0.05, 0.1) is 9.30 Å². The highest BCUT2D eigenvalue weighted by atomic mass is 16.5. The second kappa shape index (κ2) is 9.13. The molecular formula is C18H29NO3. The Labute approximate surface area is 147 Å². The third kappa shape index (κ3) is 7.25. The van der Waals surface area contributed by atoms with Crippen LogP contribution in [0.3, 0.4) is 0 Å². The molecule has 1 aliphatic rings. The Morgan fingerprint density at radius 1 is 1.36 bits per heavy atom. The fraction of sp³-hybridized carbons (Fsp3) is 0.667. The van der Waals surface area contributed by atoms with E-state index in [9.17, 15) is 5.11 Å². The van der Waals surface area contributed by atoms with Gasteiger partial charge in [-0.05, 0) is 42.8 Å². The second-order valence-electron chi connectivity index (χ2n) is 5.31. The van der Waals surface area contributed by atoms with Crippen LogP contribution in [0.25, 0.3) is 0 Å². The van der Waals surface area contributed by atoms with Gasteiger partial charge < -0.3 is 19.9 Å². The number of benzene rings is 1. The van der Waals surface area contributed by atoms with Crippen LogP contribution in [-0.2, 0) is 11.1 Å². The van der Waals surface area contributed by atoms with E-state index in [0.717, 1.165) is 12.8 Å². The summed E-state index contributed by atoms with van der Waals surface area (Å²) in [6, 6.07) is 3.76. The molecule has 0 radical (unpaired) electrons. The highest BCUT2D eigenvalue weighted by molar-refractivity contribution is 5.27. The van der Waals surface area contributed by atoms with Gasteiger partial charge in [-0.3, -0.25) is 0 Å². The van der Waals surface area contributed by atoms with Crippen molar-refractivity contribution in [1.82, 2.24) is 5.32 Å². The Morgan fingerprint density at radius 2 is 2.14 bits per heavy atom. The van der Waals surface area contributed by atoms with Crippen LogP contribution < -0.4 is 10.1 Å². The fourth-order valence-corrected chi connectivity index (χ4v) is 1.68. The van der Waals surface area contributed by atoms with E-state index < -0.39 is 38.8 Å². The minimum atomic E-state index is -2.77. The molecular weight excluding hydrogens is 278 g/mol. The Bertz CT molecular complexity index is 718. The number of hydrogen-bond donors (Lipinski definition) is 2. The van der Waals surface area contributed by atoms with Gasteiger partial charge in [-0.1, -0.05) is 25.8 Å². The Morgan fingerprint density at radius 3 is 2.82 bits per heavy atom. The summed E-state index contributed by atoms with van der Waals surface area (Å²) in [5.74, 6) is 0.554. The van der Waals surface area contributed by atoms with Crippen molar-refractivity contribution in [1.29, 1.82) is 0 Å². The molecule has 0 aromatic heterocycles. The third-order valence-electron chi connectivity index (χ3n) is 3.14. The van der Waals surface area contributed by atoms with E-state index in [-0.39, 0.29) is 37.0 Å². The molecule has 0 amide bonds. The van der Waals surface area contributed by atoms with Crippen molar-refractivity contribution in [2.45, 2.75) is 45.1 Å². The highest BCUT2D eigenvalue weighted by Crippen LogP contribution is 2.28. The van der Waals surface area contributed by atoms with Gasteiger partial charge in [0, 0.05) is 30.2 Å². The van der Waals surface area contributed by atoms with Crippen molar-refractivity contribution in [3.05, 3.63) is 29.8 Å². The van der Waals surface area contributed by atoms with Crippen molar-refractivity contribution < 1.29 is 28.3 Å². The zero-order valence-electron chi connectivity index (χ0n) is 22.3. The Balaban J connectivity index is 1.89. The number of aliphatic hydroxyl groups excluding tert-OH is 1. The molecule has 124 valence electrons. The predicted molar refractivity (Wildman–Crippen MR) is 88.3 cm³/mol. The molecule has 0 heterocycles. The summed E-state index contributed by atoms with van der Waals surface area (Å²) < 4.78 is 86.7. The molecule has 0 spiro atoms. The van der Waals surface area contributed by atoms with Gasteiger partial charge in [0.15, 0.2) is 0 Å². The lowest BCUT2D eigenvalue weighted by molar-refractivity contribution is 0.104. The van der Waals surface area contributed by atoms with Crippen LogP contribution in [0.15, 0.2) is 24.3 Å². The summed E-state index contributed by atoms with van der Waals surface area (Å²) in [7, 11) is 0.